The normalized spacial score (nSPS) is 10.3. The van der Waals surface area contributed by atoms with Gasteiger partial charge >= 0.3 is 0 Å². The average molecular weight is 243 g/mol. The van der Waals surface area contributed by atoms with E-state index in [9.17, 15) is 4.39 Å². The van der Waals surface area contributed by atoms with Crippen LogP contribution >= 0.6 is 0 Å². The molecule has 0 amide bonds. The molecule has 2 aromatic rings. The molecule has 18 heavy (non-hydrogen) atoms. The van der Waals surface area contributed by atoms with E-state index in [0.29, 0.717) is 24.2 Å². The Bertz CT molecular complexity index is 581. The Hall–Kier alpha value is -2.12. The van der Waals surface area contributed by atoms with Crippen molar-refractivity contribution < 1.29 is 4.39 Å². The van der Waals surface area contributed by atoms with Crippen molar-refractivity contribution in [1.29, 1.82) is 5.26 Å². The van der Waals surface area contributed by atoms with E-state index >= 15 is 0 Å². The lowest BCUT2D eigenvalue weighted by Crippen LogP contribution is -2.03. The maximum atomic E-state index is 13.6. The van der Waals surface area contributed by atoms with Crippen LogP contribution in [0.5, 0.6) is 0 Å². The molecular weight excluding hydrogens is 229 g/mol. The summed E-state index contributed by atoms with van der Waals surface area (Å²) in [7, 11) is 0. The Morgan fingerprint density at radius 2 is 2.17 bits per heavy atom. The average Bonchev–Trinajstić information content (AvgIpc) is 2.80. The van der Waals surface area contributed by atoms with Crippen LogP contribution in [0.3, 0.4) is 0 Å². The van der Waals surface area contributed by atoms with Crippen LogP contribution in [-0.4, -0.2) is 11.1 Å². The van der Waals surface area contributed by atoms with Crippen molar-refractivity contribution in [3.8, 4) is 6.07 Å². The fourth-order valence-electron chi connectivity index (χ4n) is 1.87. The molecule has 1 heterocycles. The highest BCUT2D eigenvalue weighted by Crippen LogP contribution is 2.13. The Balaban J connectivity index is 2.20. The van der Waals surface area contributed by atoms with Crippen LogP contribution in [0, 0.1) is 17.1 Å². The highest BCUT2D eigenvalue weighted by molar-refractivity contribution is 5.34. The zero-order valence-electron chi connectivity index (χ0n) is 9.94. The van der Waals surface area contributed by atoms with E-state index in [1.165, 1.54) is 12.1 Å². The lowest BCUT2D eigenvalue weighted by molar-refractivity contribution is 0.599. The number of halogens is 1. The summed E-state index contributed by atoms with van der Waals surface area (Å²) >= 11 is 0. The first-order valence-corrected chi connectivity index (χ1v) is 5.76. The Morgan fingerprint density at radius 1 is 1.33 bits per heavy atom. The third-order valence-electron chi connectivity index (χ3n) is 2.77. The predicted molar refractivity (Wildman–Crippen MR) is 67.4 cm³/mol. The van der Waals surface area contributed by atoms with Gasteiger partial charge in [0.2, 0.25) is 0 Å². The van der Waals surface area contributed by atoms with Gasteiger partial charge in [-0.1, -0.05) is 0 Å². The van der Waals surface area contributed by atoms with Crippen molar-refractivity contribution >= 4 is 0 Å². The molecule has 3 nitrogen and oxygen atoms in total. The van der Waals surface area contributed by atoms with Gasteiger partial charge in [0.1, 0.15) is 5.82 Å². The molecule has 0 fully saturated rings. The Kier molecular flexibility index (Phi) is 3.75. The zero-order chi connectivity index (χ0) is 13.0. The summed E-state index contributed by atoms with van der Waals surface area (Å²) in [6.45, 7) is 1.02. The summed E-state index contributed by atoms with van der Waals surface area (Å²) in [6, 6.07) is 8.38. The van der Waals surface area contributed by atoms with Gasteiger partial charge in [0.15, 0.2) is 0 Å². The van der Waals surface area contributed by atoms with Gasteiger partial charge in [-0.2, -0.15) is 5.26 Å². The fourth-order valence-corrected chi connectivity index (χ4v) is 1.87. The second-order valence-corrected chi connectivity index (χ2v) is 4.15. The molecule has 0 atom stereocenters. The number of rotatable bonds is 4. The van der Waals surface area contributed by atoms with E-state index in [1.54, 1.807) is 6.07 Å². The van der Waals surface area contributed by atoms with E-state index in [4.69, 9.17) is 11.0 Å². The second-order valence-electron chi connectivity index (χ2n) is 4.15. The van der Waals surface area contributed by atoms with Crippen LogP contribution in [0.25, 0.3) is 0 Å². The first-order valence-electron chi connectivity index (χ1n) is 5.76. The molecule has 1 aromatic carbocycles. The second kappa shape index (κ2) is 5.48. The van der Waals surface area contributed by atoms with Gasteiger partial charge < -0.3 is 10.3 Å². The molecule has 0 saturated heterocycles. The van der Waals surface area contributed by atoms with Crippen molar-refractivity contribution in [1.82, 2.24) is 4.57 Å². The molecule has 2 N–H and O–H groups in total. The van der Waals surface area contributed by atoms with Gasteiger partial charge in [-0.3, -0.25) is 0 Å². The number of hydrogen-bond donors (Lipinski definition) is 1. The fraction of sp³-hybridized carbons (Fsp3) is 0.214. The number of benzene rings is 1. The molecule has 4 heteroatoms. The summed E-state index contributed by atoms with van der Waals surface area (Å²) in [5.74, 6) is -0.289. The minimum atomic E-state index is -0.289. The molecule has 0 aliphatic rings. The number of hydrogen-bond acceptors (Lipinski definition) is 2. The van der Waals surface area contributed by atoms with Crippen LogP contribution in [0.1, 0.15) is 16.7 Å². The Morgan fingerprint density at radius 3 is 2.89 bits per heavy atom. The standard InChI is InChI=1S/C14H14FN3/c15-14-2-1-12(8-17)7-13(14)10-18-6-4-11(9-18)3-5-16/h1-2,4,6-7,9H,3,5,10,16H2. The van der Waals surface area contributed by atoms with Crippen molar-refractivity contribution in [3.63, 3.8) is 0 Å². The molecule has 0 unspecified atom stereocenters. The van der Waals surface area contributed by atoms with E-state index in [-0.39, 0.29) is 5.82 Å². The molecule has 0 saturated carbocycles. The maximum Gasteiger partial charge on any atom is 0.128 e. The lowest BCUT2D eigenvalue weighted by Gasteiger charge is -2.05. The first-order chi connectivity index (χ1) is 8.72. The largest absolute Gasteiger partial charge is 0.350 e. The van der Waals surface area contributed by atoms with Crippen LogP contribution < -0.4 is 5.73 Å². The van der Waals surface area contributed by atoms with Gasteiger partial charge in [-0.15, -0.1) is 0 Å². The molecule has 2 rings (SSSR count). The number of aromatic nitrogens is 1. The van der Waals surface area contributed by atoms with Crippen molar-refractivity contribution in [3.05, 3.63) is 59.2 Å². The molecular formula is C14H14FN3. The van der Waals surface area contributed by atoms with Crippen LogP contribution in [-0.2, 0) is 13.0 Å². The molecule has 0 spiro atoms. The molecule has 0 bridgehead atoms. The molecule has 92 valence electrons. The molecule has 0 aliphatic heterocycles. The monoisotopic (exact) mass is 243 g/mol. The highest BCUT2D eigenvalue weighted by atomic mass is 19.1. The van der Waals surface area contributed by atoms with Gasteiger partial charge in [0.05, 0.1) is 11.6 Å². The Labute approximate surface area is 105 Å². The number of nitriles is 1. The molecule has 0 aliphatic carbocycles. The van der Waals surface area contributed by atoms with Crippen molar-refractivity contribution in [2.75, 3.05) is 6.54 Å². The van der Waals surface area contributed by atoms with Crippen LogP contribution in [0.15, 0.2) is 36.7 Å². The SMILES string of the molecule is N#Cc1ccc(F)c(Cn2ccc(CCN)c2)c1. The maximum absolute atomic E-state index is 13.6. The van der Waals surface area contributed by atoms with Crippen molar-refractivity contribution in [2.45, 2.75) is 13.0 Å². The summed E-state index contributed by atoms with van der Waals surface area (Å²) < 4.78 is 15.5. The molecule has 0 radical (unpaired) electrons. The van der Waals surface area contributed by atoms with E-state index in [1.807, 2.05) is 29.1 Å². The smallest absolute Gasteiger partial charge is 0.128 e. The summed E-state index contributed by atoms with van der Waals surface area (Å²) in [6.07, 6.45) is 4.66. The lowest BCUT2D eigenvalue weighted by atomic mass is 10.1. The predicted octanol–water partition coefficient (Wildman–Crippen LogP) is 2.05. The van der Waals surface area contributed by atoms with Crippen molar-refractivity contribution in [2.24, 2.45) is 5.73 Å². The van der Waals surface area contributed by atoms with Gasteiger partial charge in [0.25, 0.3) is 0 Å². The topological polar surface area (TPSA) is 54.7 Å². The van der Waals surface area contributed by atoms with Gasteiger partial charge in [-0.05, 0) is 42.8 Å². The first kappa shape index (κ1) is 12.3. The van der Waals surface area contributed by atoms with E-state index in [0.717, 1.165) is 12.0 Å². The highest BCUT2D eigenvalue weighted by Gasteiger charge is 2.05. The van der Waals surface area contributed by atoms with Gasteiger partial charge in [0, 0.05) is 24.5 Å². The third-order valence-corrected chi connectivity index (χ3v) is 2.77. The third kappa shape index (κ3) is 2.76. The quantitative estimate of drug-likeness (QED) is 0.893. The number of nitrogens with zero attached hydrogens (tertiary/aromatic N) is 2. The molecule has 1 aromatic heterocycles. The van der Waals surface area contributed by atoms with E-state index < -0.39 is 0 Å². The summed E-state index contributed by atoms with van der Waals surface area (Å²) in [5.41, 5.74) is 7.60. The van der Waals surface area contributed by atoms with Gasteiger partial charge in [-0.25, -0.2) is 4.39 Å². The zero-order valence-corrected chi connectivity index (χ0v) is 9.94. The minimum absolute atomic E-state index is 0.289. The van der Waals surface area contributed by atoms with Crippen LogP contribution in [0.2, 0.25) is 0 Å². The minimum Gasteiger partial charge on any atom is -0.350 e. The number of nitrogens with two attached hydrogens (primary N) is 1. The van der Waals surface area contributed by atoms with Crippen LogP contribution in [0.4, 0.5) is 4.39 Å². The summed E-state index contributed by atoms with van der Waals surface area (Å²) in [4.78, 5) is 0. The summed E-state index contributed by atoms with van der Waals surface area (Å²) in [5, 5.41) is 8.80. The van der Waals surface area contributed by atoms with E-state index in [2.05, 4.69) is 0 Å².